The quantitative estimate of drug-likeness (QED) is 0.703. The molecule has 0 fully saturated rings. The molecular weight excluding hydrogens is 217 g/mol. The molecule has 0 aliphatic rings. The maximum Gasteiger partial charge on any atom is 0.123 e. The molecular formula is C14H22FNO. The molecule has 0 spiro atoms. The summed E-state index contributed by atoms with van der Waals surface area (Å²) in [7, 11) is 0. The second kappa shape index (κ2) is 8.07. The number of hydrogen-bond donors (Lipinski definition) is 1. The van der Waals surface area contributed by atoms with Crippen molar-refractivity contribution in [1.82, 2.24) is 5.32 Å². The fraction of sp³-hybridized carbons (Fsp3) is 0.571. The maximum absolute atomic E-state index is 12.8. The van der Waals surface area contributed by atoms with E-state index in [0.717, 1.165) is 37.2 Å². The molecule has 17 heavy (non-hydrogen) atoms. The number of nitrogens with one attached hydrogen (secondary N) is 1. The van der Waals surface area contributed by atoms with Crippen LogP contribution >= 0.6 is 0 Å². The zero-order valence-electron chi connectivity index (χ0n) is 10.8. The van der Waals surface area contributed by atoms with Crippen LogP contribution in [-0.4, -0.2) is 19.7 Å². The Morgan fingerprint density at radius 3 is 2.76 bits per heavy atom. The summed E-state index contributed by atoms with van der Waals surface area (Å²) < 4.78 is 18.4. The largest absolute Gasteiger partial charge is 0.493 e. The van der Waals surface area contributed by atoms with Crippen LogP contribution in [0, 0.1) is 12.7 Å². The maximum atomic E-state index is 12.8. The van der Waals surface area contributed by atoms with Gasteiger partial charge in [-0.1, -0.05) is 6.92 Å². The predicted molar refractivity (Wildman–Crippen MR) is 69.0 cm³/mol. The predicted octanol–water partition coefficient (Wildman–Crippen LogP) is 3.29. The highest BCUT2D eigenvalue weighted by Gasteiger charge is 2.00. The lowest BCUT2D eigenvalue weighted by atomic mass is 10.2. The molecule has 0 saturated heterocycles. The van der Waals surface area contributed by atoms with Gasteiger partial charge in [-0.15, -0.1) is 0 Å². The van der Waals surface area contributed by atoms with Crippen molar-refractivity contribution in [2.75, 3.05) is 19.7 Å². The minimum atomic E-state index is -0.210. The van der Waals surface area contributed by atoms with Gasteiger partial charge in [0.25, 0.3) is 0 Å². The van der Waals surface area contributed by atoms with Gasteiger partial charge in [-0.2, -0.15) is 0 Å². The topological polar surface area (TPSA) is 21.3 Å². The van der Waals surface area contributed by atoms with Gasteiger partial charge in [0.15, 0.2) is 0 Å². The van der Waals surface area contributed by atoms with Crippen molar-refractivity contribution in [2.45, 2.75) is 33.1 Å². The molecule has 1 N–H and O–H groups in total. The minimum absolute atomic E-state index is 0.210. The van der Waals surface area contributed by atoms with Gasteiger partial charge < -0.3 is 10.1 Å². The lowest BCUT2D eigenvalue weighted by molar-refractivity contribution is 0.303. The van der Waals surface area contributed by atoms with E-state index in [4.69, 9.17) is 4.74 Å². The average Bonchev–Trinajstić information content (AvgIpc) is 2.30. The van der Waals surface area contributed by atoms with Gasteiger partial charge in [-0.05, 0) is 63.0 Å². The molecule has 96 valence electrons. The van der Waals surface area contributed by atoms with Crippen molar-refractivity contribution in [2.24, 2.45) is 0 Å². The SMILES string of the molecule is CCCNCCCCOc1ccc(F)cc1C. The molecule has 0 aromatic heterocycles. The Kier molecular flexibility index (Phi) is 6.63. The first-order chi connectivity index (χ1) is 8.24. The molecule has 0 aliphatic carbocycles. The van der Waals surface area contributed by atoms with E-state index in [2.05, 4.69) is 12.2 Å². The van der Waals surface area contributed by atoms with Crippen LogP contribution in [0.15, 0.2) is 18.2 Å². The summed E-state index contributed by atoms with van der Waals surface area (Å²) in [5.41, 5.74) is 0.856. The van der Waals surface area contributed by atoms with Crippen LogP contribution in [0.1, 0.15) is 31.7 Å². The van der Waals surface area contributed by atoms with Crippen molar-refractivity contribution in [3.8, 4) is 5.75 Å². The Labute approximate surface area is 103 Å². The Morgan fingerprint density at radius 2 is 2.06 bits per heavy atom. The Balaban J connectivity index is 2.14. The van der Waals surface area contributed by atoms with Crippen LogP contribution in [-0.2, 0) is 0 Å². The fourth-order valence-corrected chi connectivity index (χ4v) is 1.61. The molecule has 1 aromatic carbocycles. The Bertz CT molecular complexity index is 328. The fourth-order valence-electron chi connectivity index (χ4n) is 1.61. The number of ether oxygens (including phenoxy) is 1. The van der Waals surface area contributed by atoms with Gasteiger partial charge in [0, 0.05) is 0 Å². The van der Waals surface area contributed by atoms with Gasteiger partial charge in [0.05, 0.1) is 6.61 Å². The second-order valence-corrected chi connectivity index (χ2v) is 4.22. The van der Waals surface area contributed by atoms with Crippen LogP contribution in [0.3, 0.4) is 0 Å². The van der Waals surface area contributed by atoms with E-state index in [1.54, 1.807) is 6.07 Å². The van der Waals surface area contributed by atoms with Crippen LogP contribution < -0.4 is 10.1 Å². The number of unbranched alkanes of at least 4 members (excludes halogenated alkanes) is 1. The first kappa shape index (κ1) is 14.0. The average molecular weight is 239 g/mol. The molecule has 1 aromatic rings. The van der Waals surface area contributed by atoms with E-state index in [0.29, 0.717) is 6.61 Å². The zero-order valence-corrected chi connectivity index (χ0v) is 10.8. The summed E-state index contributed by atoms with van der Waals surface area (Å²) in [5, 5.41) is 3.35. The van der Waals surface area contributed by atoms with Gasteiger partial charge in [0.2, 0.25) is 0 Å². The number of halogens is 1. The van der Waals surface area contributed by atoms with Crippen molar-refractivity contribution in [3.05, 3.63) is 29.6 Å². The summed E-state index contributed by atoms with van der Waals surface area (Å²) in [4.78, 5) is 0. The molecule has 3 heteroatoms. The van der Waals surface area contributed by atoms with E-state index in [1.165, 1.54) is 18.6 Å². The molecule has 0 saturated carbocycles. The van der Waals surface area contributed by atoms with Gasteiger partial charge in [-0.3, -0.25) is 0 Å². The van der Waals surface area contributed by atoms with Crippen LogP contribution in [0.5, 0.6) is 5.75 Å². The Hall–Kier alpha value is -1.09. The number of hydrogen-bond acceptors (Lipinski definition) is 2. The third-order valence-corrected chi connectivity index (χ3v) is 2.57. The lowest BCUT2D eigenvalue weighted by Crippen LogP contribution is -2.16. The normalized spacial score (nSPS) is 10.5. The molecule has 0 amide bonds. The van der Waals surface area contributed by atoms with Crippen LogP contribution in [0.2, 0.25) is 0 Å². The highest BCUT2D eigenvalue weighted by atomic mass is 19.1. The van der Waals surface area contributed by atoms with Gasteiger partial charge in [0.1, 0.15) is 11.6 Å². The summed E-state index contributed by atoms with van der Waals surface area (Å²) in [6.45, 7) is 6.84. The second-order valence-electron chi connectivity index (χ2n) is 4.22. The summed E-state index contributed by atoms with van der Waals surface area (Å²) in [5.74, 6) is 0.575. The van der Waals surface area contributed by atoms with Gasteiger partial charge >= 0.3 is 0 Å². The molecule has 0 bridgehead atoms. The summed E-state index contributed by atoms with van der Waals surface area (Å²) >= 11 is 0. The lowest BCUT2D eigenvalue weighted by Gasteiger charge is -2.09. The van der Waals surface area contributed by atoms with Gasteiger partial charge in [-0.25, -0.2) is 4.39 Å². The highest BCUT2D eigenvalue weighted by molar-refractivity contribution is 5.32. The number of benzene rings is 1. The van der Waals surface area contributed by atoms with Crippen molar-refractivity contribution in [3.63, 3.8) is 0 Å². The van der Waals surface area contributed by atoms with E-state index in [-0.39, 0.29) is 5.82 Å². The van der Waals surface area contributed by atoms with Crippen molar-refractivity contribution >= 4 is 0 Å². The van der Waals surface area contributed by atoms with Crippen molar-refractivity contribution < 1.29 is 9.13 Å². The molecule has 0 unspecified atom stereocenters. The van der Waals surface area contributed by atoms with Crippen LogP contribution in [0.25, 0.3) is 0 Å². The van der Waals surface area contributed by atoms with Crippen LogP contribution in [0.4, 0.5) is 4.39 Å². The van der Waals surface area contributed by atoms with E-state index in [1.807, 2.05) is 6.92 Å². The smallest absolute Gasteiger partial charge is 0.123 e. The van der Waals surface area contributed by atoms with Crippen molar-refractivity contribution in [1.29, 1.82) is 0 Å². The molecule has 0 radical (unpaired) electrons. The molecule has 0 heterocycles. The third-order valence-electron chi connectivity index (χ3n) is 2.57. The van der Waals surface area contributed by atoms with E-state index >= 15 is 0 Å². The standard InChI is InChI=1S/C14H22FNO/c1-3-8-16-9-4-5-10-17-14-7-6-13(15)11-12(14)2/h6-7,11,16H,3-5,8-10H2,1-2H3. The summed E-state index contributed by atoms with van der Waals surface area (Å²) in [6, 6.07) is 4.63. The third kappa shape index (κ3) is 5.68. The monoisotopic (exact) mass is 239 g/mol. The van der Waals surface area contributed by atoms with E-state index < -0.39 is 0 Å². The molecule has 0 aliphatic heterocycles. The number of aryl methyl sites for hydroxylation is 1. The van der Waals surface area contributed by atoms with E-state index in [9.17, 15) is 4.39 Å². The summed E-state index contributed by atoms with van der Waals surface area (Å²) in [6.07, 6.45) is 3.30. The molecule has 2 nitrogen and oxygen atoms in total. The minimum Gasteiger partial charge on any atom is -0.493 e. The first-order valence-electron chi connectivity index (χ1n) is 6.33. The zero-order chi connectivity index (χ0) is 12.5. The molecule has 1 rings (SSSR count). The Morgan fingerprint density at radius 1 is 1.24 bits per heavy atom. The number of rotatable bonds is 8. The highest BCUT2D eigenvalue weighted by Crippen LogP contribution is 2.18. The first-order valence-corrected chi connectivity index (χ1v) is 6.33. The molecule has 0 atom stereocenters.